The van der Waals surface area contributed by atoms with Gasteiger partial charge in [-0.2, -0.15) is 0 Å². The van der Waals surface area contributed by atoms with E-state index in [0.29, 0.717) is 29.0 Å². The number of amides is 1. The fraction of sp³-hybridized carbons (Fsp3) is 0.474. The molecule has 2 bridgehead atoms. The summed E-state index contributed by atoms with van der Waals surface area (Å²) >= 11 is 0. The van der Waals surface area contributed by atoms with Gasteiger partial charge in [0.2, 0.25) is 5.91 Å². The van der Waals surface area contributed by atoms with E-state index in [1.54, 1.807) is 25.3 Å². The van der Waals surface area contributed by atoms with Crippen LogP contribution in [0.5, 0.6) is 11.5 Å². The van der Waals surface area contributed by atoms with Crippen LogP contribution in [-0.4, -0.2) is 31.2 Å². The first-order valence-electron chi connectivity index (χ1n) is 8.49. The second-order valence-electron chi connectivity index (χ2n) is 7.05. The molecule has 1 aromatic carbocycles. The van der Waals surface area contributed by atoms with Crippen molar-refractivity contribution >= 4 is 17.6 Å². The Bertz CT molecular complexity index is 758. The van der Waals surface area contributed by atoms with E-state index in [2.05, 4.69) is 11.4 Å². The van der Waals surface area contributed by atoms with Gasteiger partial charge < -0.3 is 19.9 Å². The zero-order chi connectivity index (χ0) is 17.7. The summed E-state index contributed by atoms with van der Waals surface area (Å²) in [4.78, 5) is 24.7. The number of nitrogens with one attached hydrogen (secondary N) is 1. The standard InChI is InChI=1S/C19H21NO5/c1-24-14-6-3-9(7-15(14)25-2)20-18(21)16-10-4-5-11(13-8-12(10)13)17(16)19(22)23/h3-7,10-13,16-17H,8H2,1-2H3,(H,20,21)(H,22,23)/t10-,11+,12-,13+,16+,17+/m1/s1. The number of aliphatic carboxylic acids is 1. The molecule has 132 valence electrons. The van der Waals surface area contributed by atoms with E-state index in [1.165, 1.54) is 7.11 Å². The molecule has 5 rings (SSSR count). The van der Waals surface area contributed by atoms with Gasteiger partial charge in [-0.25, -0.2) is 0 Å². The Morgan fingerprint density at radius 3 is 2.28 bits per heavy atom. The minimum Gasteiger partial charge on any atom is -0.493 e. The Kier molecular flexibility index (Phi) is 3.71. The quantitative estimate of drug-likeness (QED) is 0.802. The number of hydrogen-bond acceptors (Lipinski definition) is 4. The van der Waals surface area contributed by atoms with Crippen LogP contribution in [-0.2, 0) is 9.59 Å². The first kappa shape index (κ1) is 16.0. The van der Waals surface area contributed by atoms with Crippen LogP contribution in [0.3, 0.4) is 0 Å². The summed E-state index contributed by atoms with van der Waals surface area (Å²) in [6.07, 6.45) is 5.10. The fourth-order valence-electron chi connectivity index (χ4n) is 4.71. The van der Waals surface area contributed by atoms with Crippen molar-refractivity contribution < 1.29 is 24.2 Å². The van der Waals surface area contributed by atoms with Gasteiger partial charge >= 0.3 is 5.97 Å². The highest BCUT2D eigenvalue weighted by Crippen LogP contribution is 2.63. The number of benzene rings is 1. The van der Waals surface area contributed by atoms with Crippen molar-refractivity contribution in [2.45, 2.75) is 6.42 Å². The summed E-state index contributed by atoms with van der Waals surface area (Å²) in [7, 11) is 3.08. The van der Waals surface area contributed by atoms with Gasteiger partial charge in [0.05, 0.1) is 26.1 Å². The number of carbonyl (C=O) groups excluding carboxylic acids is 1. The third-order valence-electron chi connectivity index (χ3n) is 5.89. The van der Waals surface area contributed by atoms with E-state index in [0.717, 1.165) is 6.42 Å². The number of carboxylic acid groups (broad SMARTS) is 1. The highest BCUT2D eigenvalue weighted by atomic mass is 16.5. The van der Waals surface area contributed by atoms with Crippen molar-refractivity contribution in [1.29, 1.82) is 0 Å². The molecule has 4 aliphatic carbocycles. The maximum Gasteiger partial charge on any atom is 0.307 e. The normalized spacial score (nSPS) is 34.2. The lowest BCUT2D eigenvalue weighted by molar-refractivity contribution is -0.152. The summed E-state index contributed by atoms with van der Waals surface area (Å²) in [5.41, 5.74) is 0.574. The van der Waals surface area contributed by atoms with E-state index >= 15 is 0 Å². The number of carboxylic acids is 1. The number of ether oxygens (including phenoxy) is 2. The van der Waals surface area contributed by atoms with E-state index in [-0.39, 0.29) is 17.7 Å². The topological polar surface area (TPSA) is 84.9 Å². The molecule has 0 aromatic heterocycles. The summed E-state index contributed by atoms with van der Waals surface area (Å²) < 4.78 is 10.5. The van der Waals surface area contributed by atoms with Crippen LogP contribution in [0.2, 0.25) is 0 Å². The zero-order valence-electron chi connectivity index (χ0n) is 14.1. The lowest BCUT2D eigenvalue weighted by Crippen LogP contribution is -2.48. The molecule has 2 N–H and O–H groups in total. The Morgan fingerprint density at radius 2 is 1.68 bits per heavy atom. The van der Waals surface area contributed by atoms with Crippen LogP contribution in [0.25, 0.3) is 0 Å². The number of methoxy groups -OCH3 is 2. The Hall–Kier alpha value is -2.50. The van der Waals surface area contributed by atoms with Gasteiger partial charge in [-0.1, -0.05) is 12.2 Å². The highest BCUT2D eigenvalue weighted by Gasteiger charge is 2.62. The SMILES string of the molecule is COc1ccc(NC(=O)[C@H]2[C@@H]3C=C[C@@H]([C@@H]4C[C@H]34)[C@@H]2C(=O)O)cc1OC. The molecule has 4 aliphatic rings. The van der Waals surface area contributed by atoms with Gasteiger partial charge in [-0.3, -0.25) is 9.59 Å². The van der Waals surface area contributed by atoms with Crippen molar-refractivity contribution in [3.05, 3.63) is 30.4 Å². The lowest BCUT2D eigenvalue weighted by Gasteiger charge is -2.41. The Labute approximate surface area is 145 Å². The molecule has 0 heterocycles. The first-order chi connectivity index (χ1) is 12.0. The minimum absolute atomic E-state index is 0.0198. The summed E-state index contributed by atoms with van der Waals surface area (Å²) in [6, 6.07) is 5.13. The van der Waals surface area contributed by atoms with Gasteiger partial charge in [-0.15, -0.1) is 0 Å². The number of anilines is 1. The molecule has 0 aliphatic heterocycles. The minimum atomic E-state index is -0.878. The van der Waals surface area contributed by atoms with Crippen LogP contribution in [0.4, 0.5) is 5.69 Å². The van der Waals surface area contributed by atoms with Crippen LogP contribution < -0.4 is 14.8 Å². The summed E-state index contributed by atoms with van der Waals surface area (Å²) in [5.74, 6) is -0.269. The molecule has 6 nitrogen and oxygen atoms in total. The molecule has 0 unspecified atom stereocenters. The molecule has 6 atom stereocenters. The largest absolute Gasteiger partial charge is 0.493 e. The van der Waals surface area contributed by atoms with Gasteiger partial charge in [0.1, 0.15) is 0 Å². The van der Waals surface area contributed by atoms with Crippen molar-refractivity contribution in [3.8, 4) is 11.5 Å². The van der Waals surface area contributed by atoms with Crippen molar-refractivity contribution in [3.63, 3.8) is 0 Å². The van der Waals surface area contributed by atoms with Gasteiger partial charge in [0, 0.05) is 11.8 Å². The second kappa shape index (κ2) is 5.79. The summed E-state index contributed by atoms with van der Waals surface area (Å²) in [5, 5.41) is 12.6. The van der Waals surface area contributed by atoms with Crippen molar-refractivity contribution in [1.82, 2.24) is 0 Å². The number of fused-ring (bicyclic) bond motifs is 1. The van der Waals surface area contributed by atoms with E-state index in [1.807, 2.05) is 6.08 Å². The lowest BCUT2D eigenvalue weighted by atomic mass is 9.62. The number of rotatable bonds is 5. The maximum atomic E-state index is 12.9. The predicted octanol–water partition coefficient (Wildman–Crippen LogP) is 2.41. The second-order valence-corrected chi connectivity index (χ2v) is 7.05. The molecule has 6 heteroatoms. The molecular formula is C19H21NO5. The molecule has 0 spiro atoms. The van der Waals surface area contributed by atoms with Gasteiger partial charge in [-0.05, 0) is 42.2 Å². The van der Waals surface area contributed by atoms with E-state index in [9.17, 15) is 14.7 Å². The average Bonchev–Trinajstić information content (AvgIpc) is 3.43. The molecule has 1 aromatic rings. The highest BCUT2D eigenvalue weighted by molar-refractivity contribution is 5.96. The predicted molar refractivity (Wildman–Crippen MR) is 90.5 cm³/mol. The molecule has 2 saturated carbocycles. The molecular weight excluding hydrogens is 322 g/mol. The van der Waals surface area contributed by atoms with Crippen molar-refractivity contribution in [2.24, 2.45) is 35.5 Å². The third-order valence-corrected chi connectivity index (χ3v) is 5.89. The average molecular weight is 343 g/mol. The smallest absolute Gasteiger partial charge is 0.307 e. The molecule has 1 amide bonds. The van der Waals surface area contributed by atoms with Gasteiger partial charge in [0.15, 0.2) is 11.5 Å². The Morgan fingerprint density at radius 1 is 1.04 bits per heavy atom. The number of hydrogen-bond donors (Lipinski definition) is 2. The zero-order valence-corrected chi connectivity index (χ0v) is 14.1. The molecule has 0 saturated heterocycles. The molecule has 0 radical (unpaired) electrons. The fourth-order valence-corrected chi connectivity index (χ4v) is 4.71. The number of carbonyl (C=O) groups is 2. The van der Waals surface area contributed by atoms with E-state index < -0.39 is 17.8 Å². The first-order valence-corrected chi connectivity index (χ1v) is 8.49. The van der Waals surface area contributed by atoms with Crippen LogP contribution in [0.1, 0.15) is 6.42 Å². The van der Waals surface area contributed by atoms with Gasteiger partial charge in [0.25, 0.3) is 0 Å². The van der Waals surface area contributed by atoms with Crippen LogP contribution >= 0.6 is 0 Å². The summed E-state index contributed by atoms with van der Waals surface area (Å²) in [6.45, 7) is 0. The maximum absolute atomic E-state index is 12.9. The van der Waals surface area contributed by atoms with E-state index in [4.69, 9.17) is 9.47 Å². The third kappa shape index (κ3) is 2.47. The molecule has 2 fully saturated rings. The Balaban J connectivity index is 1.58. The monoisotopic (exact) mass is 343 g/mol. The van der Waals surface area contributed by atoms with Crippen molar-refractivity contribution in [2.75, 3.05) is 19.5 Å². The number of allylic oxidation sites excluding steroid dienone is 2. The van der Waals surface area contributed by atoms with Crippen LogP contribution in [0.15, 0.2) is 30.4 Å². The van der Waals surface area contributed by atoms with Crippen LogP contribution in [0, 0.1) is 35.5 Å². The molecule has 25 heavy (non-hydrogen) atoms.